The van der Waals surface area contributed by atoms with Crippen LogP contribution in [0.3, 0.4) is 0 Å². The van der Waals surface area contributed by atoms with Gasteiger partial charge in [-0.25, -0.2) is 0 Å². The highest BCUT2D eigenvalue weighted by atomic mass is 35.5. The van der Waals surface area contributed by atoms with Gasteiger partial charge in [0.2, 0.25) is 0 Å². The van der Waals surface area contributed by atoms with Gasteiger partial charge in [0, 0.05) is 47.6 Å². The molecule has 2 aromatic carbocycles. The molecule has 0 unspecified atom stereocenters. The molecule has 3 aromatic rings. The molecule has 8 heteroatoms. The molecule has 33 heavy (non-hydrogen) atoms. The van der Waals surface area contributed by atoms with Gasteiger partial charge in [0.25, 0.3) is 0 Å². The number of fused-ring (bicyclic) bond motifs is 1. The number of halogens is 1. The summed E-state index contributed by atoms with van der Waals surface area (Å²) < 4.78 is 7.26. The minimum atomic E-state index is -0.230. The maximum Gasteiger partial charge on any atom is 0.192 e. The zero-order valence-corrected chi connectivity index (χ0v) is 20.8. The van der Waals surface area contributed by atoms with E-state index in [9.17, 15) is 4.79 Å². The summed E-state index contributed by atoms with van der Waals surface area (Å²) in [5.74, 6) is 1.04. The molecular weight excluding hydrogens is 456 g/mol. The van der Waals surface area contributed by atoms with Crippen molar-refractivity contribution in [1.82, 2.24) is 14.8 Å². The number of ether oxygens (including phenoxy) is 1. The molecule has 0 aliphatic carbocycles. The second-order valence-corrected chi connectivity index (χ2v) is 9.82. The summed E-state index contributed by atoms with van der Waals surface area (Å²) in [4.78, 5) is 15.1. The number of aromatic nitrogens is 3. The van der Waals surface area contributed by atoms with Crippen LogP contribution in [0.2, 0.25) is 5.02 Å². The van der Waals surface area contributed by atoms with Crippen LogP contribution in [-0.2, 0) is 21.5 Å². The number of likely N-dealkylation sites (N-methyl/N-ethyl adjacent to an activating group) is 1. The first kappa shape index (κ1) is 23.5. The third-order valence-electron chi connectivity index (χ3n) is 5.92. The molecule has 0 fully saturated rings. The topological polar surface area (TPSA) is 60.2 Å². The molecule has 0 bridgehead atoms. The number of benzene rings is 2. The van der Waals surface area contributed by atoms with Crippen LogP contribution in [0.15, 0.2) is 65.5 Å². The highest BCUT2D eigenvalue weighted by Gasteiger charge is 2.38. The molecule has 0 spiro atoms. The van der Waals surface area contributed by atoms with Crippen LogP contribution >= 0.6 is 23.4 Å². The predicted octanol–water partition coefficient (Wildman–Crippen LogP) is 5.22. The number of rotatable bonds is 8. The third-order valence-corrected chi connectivity index (χ3v) is 7.16. The third kappa shape index (κ3) is 4.71. The molecule has 0 saturated carbocycles. The Bertz CT molecular complexity index is 1190. The molecule has 0 N–H and O–H groups in total. The second kappa shape index (κ2) is 9.71. The standard InChI is InChI=1S/C25H27ClN4O2S/c1-25(2)20-7-5-6-8-21(20)29(3)22(25)15-19(31)16-33-24-28-27-23(30(24)13-14-32-4)17-9-11-18(26)12-10-17/h5-12,15H,13-14,16H2,1-4H3/b22-15-. The van der Waals surface area contributed by atoms with E-state index in [0.29, 0.717) is 23.3 Å². The van der Waals surface area contributed by atoms with Gasteiger partial charge in [-0.2, -0.15) is 0 Å². The van der Waals surface area contributed by atoms with E-state index >= 15 is 0 Å². The number of anilines is 1. The SMILES string of the molecule is COCCn1c(SCC(=O)/C=C2\N(C)c3ccccc3C2(C)C)nnc1-c1ccc(Cl)cc1. The summed E-state index contributed by atoms with van der Waals surface area (Å²) in [7, 11) is 3.67. The van der Waals surface area contributed by atoms with Gasteiger partial charge >= 0.3 is 0 Å². The monoisotopic (exact) mass is 482 g/mol. The van der Waals surface area contributed by atoms with Crippen molar-refractivity contribution < 1.29 is 9.53 Å². The fraction of sp³-hybridized carbons (Fsp3) is 0.320. The molecule has 2 heterocycles. The van der Waals surface area contributed by atoms with Gasteiger partial charge in [-0.15, -0.1) is 10.2 Å². The minimum Gasteiger partial charge on any atom is -0.383 e. The normalized spacial score (nSPS) is 15.8. The molecule has 1 aliphatic heterocycles. The van der Waals surface area contributed by atoms with Gasteiger partial charge in [-0.1, -0.05) is 55.4 Å². The average molecular weight is 483 g/mol. The summed E-state index contributed by atoms with van der Waals surface area (Å²) in [5.41, 5.74) is 4.05. The van der Waals surface area contributed by atoms with Crippen molar-refractivity contribution in [2.24, 2.45) is 0 Å². The Labute approximate surface area is 203 Å². The predicted molar refractivity (Wildman–Crippen MR) is 134 cm³/mol. The van der Waals surface area contributed by atoms with Crippen LogP contribution in [0.1, 0.15) is 19.4 Å². The van der Waals surface area contributed by atoms with E-state index in [1.165, 1.54) is 17.3 Å². The minimum absolute atomic E-state index is 0.0389. The molecule has 0 amide bonds. The molecule has 6 nitrogen and oxygen atoms in total. The lowest BCUT2D eigenvalue weighted by molar-refractivity contribution is -0.112. The smallest absolute Gasteiger partial charge is 0.192 e. The second-order valence-electron chi connectivity index (χ2n) is 8.44. The van der Waals surface area contributed by atoms with Crippen molar-refractivity contribution in [1.29, 1.82) is 0 Å². The summed E-state index contributed by atoms with van der Waals surface area (Å²) in [6.07, 6.45) is 1.77. The Morgan fingerprint density at radius 2 is 1.88 bits per heavy atom. The molecule has 0 atom stereocenters. The van der Waals surface area contributed by atoms with Crippen molar-refractivity contribution >= 4 is 34.8 Å². The average Bonchev–Trinajstić information content (AvgIpc) is 3.29. The lowest BCUT2D eigenvalue weighted by atomic mass is 9.83. The number of carbonyl (C=O) groups excluding carboxylic acids is 1. The number of hydrogen-bond donors (Lipinski definition) is 0. The Morgan fingerprint density at radius 1 is 1.15 bits per heavy atom. The van der Waals surface area contributed by atoms with Crippen LogP contribution < -0.4 is 4.90 Å². The molecule has 0 radical (unpaired) electrons. The summed E-state index contributed by atoms with van der Waals surface area (Å²) in [5, 5.41) is 10.1. The van der Waals surface area contributed by atoms with Crippen molar-refractivity contribution in [2.75, 3.05) is 31.4 Å². The maximum absolute atomic E-state index is 13.0. The fourth-order valence-electron chi connectivity index (χ4n) is 4.18. The van der Waals surface area contributed by atoms with Crippen molar-refractivity contribution in [2.45, 2.75) is 31.0 Å². The van der Waals surface area contributed by atoms with Crippen LogP contribution in [0.5, 0.6) is 0 Å². The quantitative estimate of drug-likeness (QED) is 0.324. The number of para-hydroxylation sites is 1. The maximum atomic E-state index is 13.0. The number of thioether (sulfide) groups is 1. The summed E-state index contributed by atoms with van der Waals surface area (Å²) in [6.45, 7) is 5.41. The van der Waals surface area contributed by atoms with E-state index in [0.717, 1.165) is 22.8 Å². The van der Waals surface area contributed by atoms with Gasteiger partial charge in [0.05, 0.1) is 18.9 Å². The number of allylic oxidation sites excluding steroid dienone is 2. The lowest BCUT2D eigenvalue weighted by Gasteiger charge is -2.23. The van der Waals surface area contributed by atoms with Gasteiger partial charge in [0.15, 0.2) is 16.8 Å². The summed E-state index contributed by atoms with van der Waals surface area (Å²) >= 11 is 7.42. The van der Waals surface area contributed by atoms with Crippen molar-refractivity contribution in [3.8, 4) is 11.4 Å². The molecule has 0 saturated heterocycles. The molecule has 1 aliphatic rings. The number of methoxy groups -OCH3 is 1. The fourth-order valence-corrected chi connectivity index (χ4v) is 5.09. The molecule has 1 aromatic heterocycles. The zero-order chi connectivity index (χ0) is 23.6. The molecule has 4 rings (SSSR count). The number of nitrogens with zero attached hydrogens (tertiary/aromatic N) is 4. The Morgan fingerprint density at radius 3 is 2.58 bits per heavy atom. The number of ketones is 1. The zero-order valence-electron chi connectivity index (χ0n) is 19.2. The van der Waals surface area contributed by atoms with E-state index < -0.39 is 0 Å². The largest absolute Gasteiger partial charge is 0.383 e. The van der Waals surface area contributed by atoms with Gasteiger partial charge in [0.1, 0.15) is 0 Å². The first-order valence-corrected chi connectivity index (χ1v) is 12.1. The Balaban J connectivity index is 1.53. The summed E-state index contributed by atoms with van der Waals surface area (Å²) in [6, 6.07) is 15.8. The van der Waals surface area contributed by atoms with Crippen LogP contribution in [0.4, 0.5) is 5.69 Å². The lowest BCUT2D eigenvalue weighted by Crippen LogP contribution is -2.24. The van der Waals surface area contributed by atoms with E-state index in [4.69, 9.17) is 16.3 Å². The van der Waals surface area contributed by atoms with E-state index in [2.05, 4.69) is 41.1 Å². The number of carbonyl (C=O) groups is 1. The van der Waals surface area contributed by atoms with E-state index in [1.807, 2.05) is 48.0 Å². The Kier molecular flexibility index (Phi) is 6.93. The first-order chi connectivity index (χ1) is 15.8. The Hall–Kier alpha value is -2.61. The number of hydrogen-bond acceptors (Lipinski definition) is 6. The first-order valence-electron chi connectivity index (χ1n) is 10.7. The van der Waals surface area contributed by atoms with Crippen LogP contribution in [-0.4, -0.2) is 47.1 Å². The van der Waals surface area contributed by atoms with Crippen LogP contribution in [0, 0.1) is 0 Å². The van der Waals surface area contributed by atoms with Gasteiger partial charge in [-0.05, 0) is 35.9 Å². The van der Waals surface area contributed by atoms with Gasteiger partial charge in [-0.3, -0.25) is 9.36 Å². The highest BCUT2D eigenvalue weighted by molar-refractivity contribution is 7.99. The highest BCUT2D eigenvalue weighted by Crippen LogP contribution is 2.46. The van der Waals surface area contributed by atoms with E-state index in [1.54, 1.807) is 13.2 Å². The van der Waals surface area contributed by atoms with Crippen molar-refractivity contribution in [3.63, 3.8) is 0 Å². The van der Waals surface area contributed by atoms with Crippen molar-refractivity contribution in [3.05, 3.63) is 70.9 Å². The van der Waals surface area contributed by atoms with Gasteiger partial charge < -0.3 is 9.64 Å². The van der Waals surface area contributed by atoms with Crippen LogP contribution in [0.25, 0.3) is 11.4 Å². The molecule has 172 valence electrons. The van der Waals surface area contributed by atoms with E-state index in [-0.39, 0.29) is 17.0 Å². The molecular formula is C25H27ClN4O2S.